The number of terminal acetylenes is 1. The number of methoxy groups -OCH3 is 1. The Labute approximate surface area is 824 Å². The molecule has 0 saturated carbocycles. The number of esters is 4. The van der Waals surface area contributed by atoms with Gasteiger partial charge < -0.3 is 61.4 Å². The van der Waals surface area contributed by atoms with Crippen molar-refractivity contribution in [1.82, 2.24) is 16.0 Å². The molecule has 0 heterocycles. The Morgan fingerprint density at radius 3 is 0.857 bits per heavy atom. The van der Waals surface area contributed by atoms with Gasteiger partial charge in [0.1, 0.15) is 48.2 Å². The first kappa shape index (κ1) is 131. The summed E-state index contributed by atoms with van der Waals surface area (Å²) in [5.41, 5.74) is 5.60. The van der Waals surface area contributed by atoms with Gasteiger partial charge in [0.2, 0.25) is 17.7 Å². The van der Waals surface area contributed by atoms with Gasteiger partial charge in [-0.05, 0) is 222 Å². The molecular weight excluding hydrogens is 1680 g/mol. The Bertz CT molecular complexity index is 4030. The SMILES string of the molecule is CC(C)CC(N)C(=O)O.CC/C=C\C/C=C\C/C=C\C/C=C\C/C=C\C/C=C\CCC(=O)NC(CC(C)C)C(=O)O.CC/C=C\C/C=C\C/C=C\C/C=C\C/C=C\C/C=C\CCC(=O)NC(CC(C)C)C(=O)OC.CC/C=C\C/C=C\C/C=C\C/C=C\C/C=C\C/C=C\CCC(=O)NC(CC(C)C)C(=O)Oc1ccccc1C(=O)OCC.CCOC(=O)c1ccccc1O.[2H]C#C.[Na+].[OH-]. The molecule has 0 aliphatic rings. The van der Waals surface area contributed by atoms with Gasteiger partial charge in [0.05, 0.1) is 20.3 Å². The predicted molar refractivity (Wildman–Crippen MR) is 545 cm³/mol. The van der Waals surface area contributed by atoms with E-state index in [0.29, 0.717) is 76.2 Å². The fourth-order valence-electron chi connectivity index (χ4n) is 11.1. The first-order valence-corrected chi connectivity index (χ1v) is 46.7. The van der Waals surface area contributed by atoms with E-state index in [0.717, 1.165) is 116 Å². The van der Waals surface area contributed by atoms with Gasteiger partial charge in [-0.1, -0.05) is 319 Å². The molecule has 2 aromatic carbocycles. The fourth-order valence-corrected chi connectivity index (χ4v) is 11.1. The Morgan fingerprint density at radius 2 is 0.609 bits per heavy atom. The van der Waals surface area contributed by atoms with Crippen LogP contribution in [-0.4, -0.2) is 119 Å². The average Bonchev–Trinajstić information content (AvgIpc) is 0.846. The van der Waals surface area contributed by atoms with E-state index >= 15 is 0 Å². The van der Waals surface area contributed by atoms with Crippen LogP contribution in [0.3, 0.4) is 0 Å². The second-order valence-corrected chi connectivity index (χ2v) is 31.4. The number of carboxylic acids is 2. The number of ether oxygens (including phenoxy) is 4. The van der Waals surface area contributed by atoms with E-state index in [1.54, 1.807) is 50.2 Å². The third-order valence-corrected chi connectivity index (χ3v) is 17.6. The van der Waals surface area contributed by atoms with Crippen molar-refractivity contribution in [2.24, 2.45) is 29.4 Å². The van der Waals surface area contributed by atoms with E-state index in [9.17, 15) is 48.3 Å². The number of hydrogen-bond donors (Lipinski definition) is 7. The van der Waals surface area contributed by atoms with Crippen LogP contribution in [0.25, 0.3) is 0 Å². The molecule has 4 atom stereocenters. The van der Waals surface area contributed by atoms with E-state index in [1.807, 2.05) is 85.8 Å². The molecule has 0 spiro atoms. The minimum absolute atomic E-state index is 0. The number of carbonyl (C=O) groups is 9. The number of carboxylic acid groups (broad SMARTS) is 2. The van der Waals surface area contributed by atoms with Crippen molar-refractivity contribution in [3.8, 4) is 24.3 Å². The van der Waals surface area contributed by atoms with Gasteiger partial charge in [0.25, 0.3) is 0 Å². The molecule has 0 aliphatic carbocycles. The molecule has 0 saturated heterocycles. The molecule has 0 radical (unpaired) electrons. The van der Waals surface area contributed by atoms with Crippen LogP contribution < -0.4 is 56.0 Å². The number of nitrogens with one attached hydrogen (secondary N) is 3. The Kier molecular flexibility index (Phi) is 97.1. The van der Waals surface area contributed by atoms with E-state index < -0.39 is 54.0 Å². The molecule has 9 N–H and O–H groups in total. The molecule has 0 aromatic heterocycles. The summed E-state index contributed by atoms with van der Waals surface area (Å²) < 4.78 is 25.8. The van der Waals surface area contributed by atoms with E-state index in [-0.39, 0.29) is 106 Å². The second kappa shape index (κ2) is 98.8. The number of amides is 3. The number of aliphatic carboxylic acids is 2. The third kappa shape index (κ3) is 90.2. The minimum Gasteiger partial charge on any atom is -0.870 e. The van der Waals surface area contributed by atoms with Crippen LogP contribution in [-0.2, 0) is 47.8 Å². The largest absolute Gasteiger partial charge is 1.00 e. The molecule has 0 aliphatic heterocycles. The number of benzene rings is 2. The smallest absolute Gasteiger partial charge is 0.870 e. The maximum Gasteiger partial charge on any atom is 1.00 e. The van der Waals surface area contributed by atoms with Gasteiger partial charge in [-0.25, -0.2) is 24.0 Å². The predicted octanol–water partition coefficient (Wildman–Crippen LogP) is 22.1. The summed E-state index contributed by atoms with van der Waals surface area (Å²) in [7, 11) is 1.35. The summed E-state index contributed by atoms with van der Waals surface area (Å²) in [5.74, 6) is -3.37. The maximum atomic E-state index is 12.9. The number of allylic oxidation sites excluding steroid dienone is 36. The molecule has 22 heteroatoms. The van der Waals surface area contributed by atoms with Crippen molar-refractivity contribution in [2.45, 2.75) is 294 Å². The van der Waals surface area contributed by atoms with Crippen LogP contribution in [0.15, 0.2) is 267 Å². The normalized spacial score (nSPS) is 12.7. The van der Waals surface area contributed by atoms with Crippen LogP contribution in [0.1, 0.15) is 292 Å². The number of carbonyl (C=O) groups excluding carboxylic acids is 7. The zero-order chi connectivity index (χ0) is 99.1. The molecule has 732 valence electrons. The van der Waals surface area contributed by atoms with Crippen LogP contribution in [0, 0.1) is 36.5 Å². The van der Waals surface area contributed by atoms with Gasteiger partial charge in [0, 0.05) is 19.3 Å². The average molecular weight is 1850 g/mol. The van der Waals surface area contributed by atoms with E-state index in [2.05, 4.69) is 232 Å². The molecule has 4 unspecified atom stereocenters. The summed E-state index contributed by atoms with van der Waals surface area (Å²) in [6.07, 6.45) is 105. The van der Waals surface area contributed by atoms with Crippen molar-refractivity contribution < 1.29 is 114 Å². The number of para-hydroxylation sites is 2. The summed E-state index contributed by atoms with van der Waals surface area (Å²) in [6.45, 7) is 26.1. The van der Waals surface area contributed by atoms with Gasteiger partial charge in [-0.15, -0.1) is 12.8 Å². The molecule has 2 rings (SSSR count). The van der Waals surface area contributed by atoms with Crippen molar-refractivity contribution >= 4 is 53.5 Å². The van der Waals surface area contributed by atoms with Crippen LogP contribution in [0.5, 0.6) is 11.5 Å². The number of phenolic OH excluding ortho intramolecular Hbond substituents is 1. The Morgan fingerprint density at radius 1 is 0.368 bits per heavy atom. The van der Waals surface area contributed by atoms with Crippen molar-refractivity contribution in [3.63, 3.8) is 0 Å². The Balaban J connectivity index is -0.000000407. The Hall–Kier alpha value is -10.7. The molecular formula is C111H165N4NaO17. The molecule has 133 heavy (non-hydrogen) atoms. The topological polar surface area (TPSA) is 343 Å². The molecule has 0 fully saturated rings. The van der Waals surface area contributed by atoms with Crippen LogP contribution in [0.2, 0.25) is 0 Å². The van der Waals surface area contributed by atoms with E-state index in [1.165, 1.54) is 25.6 Å². The first-order valence-electron chi connectivity index (χ1n) is 47.2. The van der Waals surface area contributed by atoms with Crippen molar-refractivity contribution in [3.05, 3.63) is 278 Å². The van der Waals surface area contributed by atoms with E-state index in [4.69, 9.17) is 36.3 Å². The standard InChI is InChI=1S/C37H51NO5.C29H45NO3.C28H43NO3.C9H10O3.C6H13NO2.C2H2.Na.H2O/c1-5-7-8-9-10-11-12-13-14-15-16-17-18-19-20-21-22-23-24-29-35(39)38-33(30-31(3)4)37(41)43-34-28-26-25-27-32(34)36(40)42-6-2;1-5-6-7-8-9-10-11-12-13-14-15-16-17-18-19-20-21-22-23-24-28(31)30-27(25-26(2)3)29(32)33-4;1-4-5-6-7-8-9-10-11-12-13-14-15-16-17-18-19-20-21-22-23-27(30)29-26(28(31)32)24-25(2)3;1-2-12-9(11)7-5-3-4-6-8(7)10;1-4(2)3-5(7)6(8)9;1-2;;/h7-8,10-11,13-14,16-17,19-20,22-23,25-28,31,33H,5-6,9,12,15,18,21,24,29-30H2,1-4H3,(H,38,39);6-7,9-10,12-13,15-16,18-19,21-22,26-27H,5,8,11,14,17,20,23-25H2,1-4H3,(H,30,31);5-6,8-9,11-12,14-15,17-18,20-21,25-26H,4,7,10,13,16,19,22-24H2,1-3H3,(H,29,30)(H,31,32);3-6,10H,2H2,1H3;4-5H,3,7H2,1-2H3,(H,8,9);1-2H;;1H2/q;;;;;;+1;/p-1/b8-7-,11-10-,14-13-,17-16-,20-19-,23-22-;7-6-,10-9-,13-12-,16-15-,19-18-,22-21-;6-5-,9-8-,12-11-,15-14-,18-17-,21-20-;;;;;/i;;;;;1D;;. The summed E-state index contributed by atoms with van der Waals surface area (Å²) in [4.78, 5) is 106. The fraction of sp³-hybridized carbons (Fsp3) is 0.468. The monoisotopic (exact) mass is 1850 g/mol. The van der Waals surface area contributed by atoms with Gasteiger partial charge in [-0.2, -0.15) is 0 Å². The third-order valence-electron chi connectivity index (χ3n) is 17.6. The molecule has 21 nitrogen and oxygen atoms in total. The first-order chi connectivity index (χ1) is 63.6. The maximum absolute atomic E-state index is 12.9. The number of hydrogen-bond acceptors (Lipinski definition) is 16. The van der Waals surface area contributed by atoms with Gasteiger partial charge >= 0.3 is 65.4 Å². The summed E-state index contributed by atoms with van der Waals surface area (Å²) in [6, 6.07) is 9.87. The van der Waals surface area contributed by atoms with Crippen LogP contribution >= 0.6 is 0 Å². The second-order valence-electron chi connectivity index (χ2n) is 31.4. The van der Waals surface area contributed by atoms with Gasteiger partial charge in [0.15, 0.2) is 0 Å². The molecule has 2 aromatic rings. The zero-order valence-corrected chi connectivity index (χ0v) is 85.0. The molecule has 3 amide bonds. The summed E-state index contributed by atoms with van der Waals surface area (Å²) in [5, 5.41) is 34.9. The minimum atomic E-state index is -0.971. The molecule has 0 bridgehead atoms. The van der Waals surface area contributed by atoms with Gasteiger partial charge in [-0.3, -0.25) is 19.2 Å². The zero-order valence-electron chi connectivity index (χ0n) is 84.0. The van der Waals surface area contributed by atoms with Crippen molar-refractivity contribution in [2.75, 3.05) is 20.3 Å². The van der Waals surface area contributed by atoms with Crippen LogP contribution in [0.4, 0.5) is 0 Å². The van der Waals surface area contributed by atoms with Crippen molar-refractivity contribution in [1.29, 1.82) is 0 Å². The quantitative estimate of drug-likeness (QED) is 0.00808. The number of nitrogens with two attached hydrogens (primary N) is 1. The number of rotatable bonds is 62. The number of phenols is 1. The summed E-state index contributed by atoms with van der Waals surface area (Å²) >= 11 is 0. The number of aromatic hydroxyl groups is 1.